The van der Waals surface area contributed by atoms with Gasteiger partial charge < -0.3 is 19.5 Å². The number of nitrogens with one attached hydrogen (secondary N) is 1. The molecule has 1 aromatic heterocycles. The molecule has 3 rings (SSSR count). The maximum absolute atomic E-state index is 13.4. The van der Waals surface area contributed by atoms with Crippen LogP contribution < -0.4 is 10.9 Å². The number of hydrogen-bond acceptors (Lipinski definition) is 3. The lowest BCUT2D eigenvalue weighted by molar-refractivity contribution is 0.190. The number of ether oxygens (including phenoxy) is 1. The molecule has 0 spiro atoms. The van der Waals surface area contributed by atoms with Crippen molar-refractivity contribution in [3.63, 3.8) is 0 Å². The van der Waals surface area contributed by atoms with E-state index >= 15 is 0 Å². The third-order valence-corrected chi connectivity index (χ3v) is 5.58. The molecule has 1 N–H and O–H groups in total. The minimum Gasteiger partial charge on any atom is -0.385 e. The van der Waals surface area contributed by atoms with Crippen molar-refractivity contribution in [3.8, 4) is 0 Å². The number of aromatic nitrogens is 1. The molecule has 31 heavy (non-hydrogen) atoms. The Balaban J connectivity index is 1.91. The maximum Gasteiger partial charge on any atom is 0.322 e. The summed E-state index contributed by atoms with van der Waals surface area (Å²) in [6.07, 6.45) is 2.51. The first kappa shape index (κ1) is 22.8. The Morgan fingerprint density at radius 3 is 2.65 bits per heavy atom. The Hall–Kier alpha value is -2.90. The van der Waals surface area contributed by atoms with E-state index in [0.29, 0.717) is 30.6 Å². The molecule has 1 heterocycles. The molecule has 2 amide bonds. The molecule has 8 heteroatoms. The van der Waals surface area contributed by atoms with Gasteiger partial charge in [0.05, 0.1) is 11.1 Å². The van der Waals surface area contributed by atoms with Gasteiger partial charge in [-0.1, -0.05) is 29.8 Å². The lowest BCUT2D eigenvalue weighted by Gasteiger charge is -2.27. The molecule has 0 aliphatic heterocycles. The second-order valence-corrected chi connectivity index (χ2v) is 7.73. The fraction of sp³-hybridized carbons (Fsp3) is 0.304. The van der Waals surface area contributed by atoms with Crippen LogP contribution in [0.15, 0.2) is 53.5 Å². The maximum atomic E-state index is 13.4. The average molecular weight is 446 g/mol. The van der Waals surface area contributed by atoms with Gasteiger partial charge >= 0.3 is 6.03 Å². The Morgan fingerprint density at radius 1 is 1.26 bits per heavy atom. The Bertz CT molecular complexity index is 1150. The van der Waals surface area contributed by atoms with Gasteiger partial charge in [-0.3, -0.25) is 4.79 Å². The molecule has 1 unspecified atom stereocenters. The average Bonchev–Trinajstić information content (AvgIpc) is 2.77. The molecule has 0 aliphatic rings. The van der Waals surface area contributed by atoms with Crippen molar-refractivity contribution >= 4 is 34.1 Å². The number of methoxy groups -OCH3 is 1. The number of halogens is 2. The zero-order chi connectivity index (χ0) is 22.5. The lowest BCUT2D eigenvalue weighted by atomic mass is 10.0. The zero-order valence-electron chi connectivity index (χ0n) is 17.7. The predicted molar refractivity (Wildman–Crippen MR) is 121 cm³/mol. The van der Waals surface area contributed by atoms with Crippen molar-refractivity contribution in [3.05, 3.63) is 75.4 Å². The molecule has 0 saturated heterocycles. The third kappa shape index (κ3) is 5.06. The monoisotopic (exact) mass is 445 g/mol. The second-order valence-electron chi connectivity index (χ2n) is 7.32. The molecule has 6 nitrogen and oxygen atoms in total. The molecule has 1 atom stereocenters. The predicted octanol–water partition coefficient (Wildman–Crippen LogP) is 5.06. The highest BCUT2D eigenvalue weighted by Crippen LogP contribution is 2.27. The van der Waals surface area contributed by atoms with Crippen molar-refractivity contribution in [2.75, 3.05) is 26.1 Å². The molecule has 0 bridgehead atoms. The number of rotatable bonds is 7. The normalized spacial score (nSPS) is 12.0. The van der Waals surface area contributed by atoms with Gasteiger partial charge in [0.2, 0.25) is 0 Å². The molecule has 0 fully saturated rings. The third-order valence-electron chi connectivity index (χ3n) is 5.29. The number of nitrogens with zero attached hydrogens (tertiary/aromatic N) is 2. The number of carbonyl (C=O) groups excluding carboxylic acids is 1. The molecular formula is C23H25ClFN3O3. The van der Waals surface area contributed by atoms with Crippen LogP contribution in [0.4, 0.5) is 14.9 Å². The first-order chi connectivity index (χ1) is 14.8. The number of fused-ring (bicyclic) bond motifs is 1. The van der Waals surface area contributed by atoms with Crippen LogP contribution in [0.2, 0.25) is 5.02 Å². The number of anilines is 1. The summed E-state index contributed by atoms with van der Waals surface area (Å²) in [5.41, 5.74) is 1.17. The van der Waals surface area contributed by atoms with Crippen LogP contribution in [0.25, 0.3) is 10.8 Å². The standard InChI is InChI=1S/C23H25ClFN3O3/c1-15(27(2)23(30)26-16-9-10-21(25)20(24)13-16)19-14-28(11-6-12-31-3)22(29)18-8-5-4-7-17(18)19/h4-5,7-10,13-15H,6,11-12H2,1-3H3,(H,26,30). The van der Waals surface area contributed by atoms with Gasteiger partial charge in [-0.05, 0) is 48.6 Å². The van der Waals surface area contributed by atoms with E-state index in [-0.39, 0.29) is 22.7 Å². The first-order valence-electron chi connectivity index (χ1n) is 9.93. The Morgan fingerprint density at radius 2 is 1.97 bits per heavy atom. The summed E-state index contributed by atoms with van der Waals surface area (Å²) in [7, 11) is 3.29. The van der Waals surface area contributed by atoms with Crippen molar-refractivity contribution in [1.82, 2.24) is 9.47 Å². The van der Waals surface area contributed by atoms with E-state index in [9.17, 15) is 14.0 Å². The van der Waals surface area contributed by atoms with Crippen molar-refractivity contribution in [2.45, 2.75) is 25.9 Å². The number of urea groups is 1. The summed E-state index contributed by atoms with van der Waals surface area (Å²) in [4.78, 5) is 27.2. The smallest absolute Gasteiger partial charge is 0.322 e. The van der Waals surface area contributed by atoms with Gasteiger partial charge in [-0.25, -0.2) is 9.18 Å². The molecule has 2 aromatic carbocycles. The summed E-state index contributed by atoms with van der Waals surface area (Å²) in [5, 5.41) is 4.06. The van der Waals surface area contributed by atoms with Crippen LogP contribution in [0.5, 0.6) is 0 Å². The SMILES string of the molecule is COCCCn1cc(C(C)N(C)C(=O)Nc2ccc(F)c(Cl)c2)c2ccccc2c1=O. The van der Waals surface area contributed by atoms with E-state index in [4.69, 9.17) is 16.3 Å². The summed E-state index contributed by atoms with van der Waals surface area (Å²) in [6.45, 7) is 2.96. The molecular weight excluding hydrogens is 421 g/mol. The zero-order valence-corrected chi connectivity index (χ0v) is 18.4. The number of aryl methyl sites for hydroxylation is 1. The number of amides is 2. The molecule has 0 saturated carbocycles. The fourth-order valence-electron chi connectivity index (χ4n) is 3.42. The van der Waals surface area contributed by atoms with E-state index in [1.54, 1.807) is 24.8 Å². The highest BCUT2D eigenvalue weighted by molar-refractivity contribution is 6.31. The van der Waals surface area contributed by atoms with Crippen molar-refractivity contribution in [2.24, 2.45) is 0 Å². The van der Waals surface area contributed by atoms with Gasteiger partial charge in [0.1, 0.15) is 5.82 Å². The minimum atomic E-state index is -0.552. The molecule has 3 aromatic rings. The van der Waals surface area contributed by atoms with Crippen molar-refractivity contribution in [1.29, 1.82) is 0 Å². The van der Waals surface area contributed by atoms with Crippen molar-refractivity contribution < 1.29 is 13.9 Å². The number of benzene rings is 2. The van der Waals surface area contributed by atoms with Gasteiger partial charge in [-0.2, -0.15) is 0 Å². The van der Waals surface area contributed by atoms with Gasteiger partial charge in [0.25, 0.3) is 5.56 Å². The highest BCUT2D eigenvalue weighted by atomic mass is 35.5. The fourth-order valence-corrected chi connectivity index (χ4v) is 3.60. The molecule has 0 aliphatic carbocycles. The Kier molecular flexibility index (Phi) is 7.30. The van der Waals surface area contributed by atoms with Crippen LogP contribution in [0.1, 0.15) is 24.9 Å². The molecule has 0 radical (unpaired) electrons. The van der Waals surface area contributed by atoms with Gasteiger partial charge in [-0.15, -0.1) is 0 Å². The number of pyridine rings is 1. The van der Waals surface area contributed by atoms with Crippen LogP contribution in [0, 0.1) is 5.82 Å². The van der Waals surface area contributed by atoms with Gasteiger partial charge in [0, 0.05) is 44.6 Å². The topological polar surface area (TPSA) is 63.6 Å². The number of hydrogen-bond donors (Lipinski definition) is 1. The second kappa shape index (κ2) is 9.94. The summed E-state index contributed by atoms with van der Waals surface area (Å²) in [6, 6.07) is 10.7. The van der Waals surface area contributed by atoms with E-state index in [2.05, 4.69) is 5.32 Å². The van der Waals surface area contributed by atoms with Gasteiger partial charge in [0.15, 0.2) is 0 Å². The van der Waals surface area contributed by atoms with Crippen LogP contribution >= 0.6 is 11.6 Å². The van der Waals surface area contributed by atoms with Crippen LogP contribution in [-0.4, -0.2) is 36.3 Å². The Labute approximate surface area is 185 Å². The van der Waals surface area contributed by atoms with Crippen LogP contribution in [0.3, 0.4) is 0 Å². The largest absolute Gasteiger partial charge is 0.385 e. The molecule has 164 valence electrons. The number of carbonyl (C=O) groups is 1. The summed E-state index contributed by atoms with van der Waals surface area (Å²) in [5.74, 6) is -0.552. The highest BCUT2D eigenvalue weighted by Gasteiger charge is 2.21. The quantitative estimate of drug-likeness (QED) is 0.517. The summed E-state index contributed by atoms with van der Waals surface area (Å²) >= 11 is 5.80. The summed E-state index contributed by atoms with van der Waals surface area (Å²) < 4.78 is 20.2. The minimum absolute atomic E-state index is 0.0670. The van der Waals surface area contributed by atoms with Crippen LogP contribution in [-0.2, 0) is 11.3 Å². The van der Waals surface area contributed by atoms with E-state index in [1.807, 2.05) is 31.3 Å². The van der Waals surface area contributed by atoms with E-state index in [1.165, 1.54) is 23.1 Å². The lowest BCUT2D eigenvalue weighted by Crippen LogP contribution is -2.34. The first-order valence-corrected chi connectivity index (χ1v) is 10.3. The van der Waals surface area contributed by atoms with E-state index < -0.39 is 5.82 Å². The van der Waals surface area contributed by atoms with E-state index in [0.717, 1.165) is 10.9 Å².